The zero-order chi connectivity index (χ0) is 13.5. The minimum absolute atomic E-state index is 0.0591. The molecule has 0 aromatic carbocycles. The summed E-state index contributed by atoms with van der Waals surface area (Å²) in [4.78, 5) is 27.5. The molecule has 5 nitrogen and oxygen atoms in total. The molecular weight excluding hydrogens is 252 g/mol. The average molecular weight is 268 g/mol. The summed E-state index contributed by atoms with van der Waals surface area (Å²) >= 11 is 1.58. The maximum atomic E-state index is 12.2. The van der Waals surface area contributed by atoms with Crippen molar-refractivity contribution >= 4 is 23.3 Å². The zero-order valence-electron chi connectivity index (χ0n) is 10.6. The molecule has 2 amide bonds. The molecule has 1 unspecified atom stereocenters. The van der Waals surface area contributed by atoms with Gasteiger partial charge in [0.15, 0.2) is 0 Å². The van der Waals surface area contributed by atoms with Crippen molar-refractivity contribution in [3.63, 3.8) is 0 Å². The van der Waals surface area contributed by atoms with Gasteiger partial charge in [-0.1, -0.05) is 6.07 Å². The third-order valence-electron chi connectivity index (χ3n) is 3.43. The Morgan fingerprint density at radius 3 is 2.72 bits per heavy atom. The first-order valence-corrected chi connectivity index (χ1v) is 6.55. The van der Waals surface area contributed by atoms with Crippen molar-refractivity contribution < 1.29 is 14.7 Å². The lowest BCUT2D eigenvalue weighted by Crippen LogP contribution is -2.51. The lowest BCUT2D eigenvalue weighted by atomic mass is 10.0. The Labute approximate surface area is 110 Å². The van der Waals surface area contributed by atoms with Crippen molar-refractivity contribution in [1.29, 1.82) is 0 Å². The largest absolute Gasteiger partial charge is 0.480 e. The molecule has 18 heavy (non-hydrogen) atoms. The highest BCUT2D eigenvalue weighted by molar-refractivity contribution is 7.10. The molecule has 98 valence electrons. The number of likely N-dealkylation sites (N-methyl/N-ethyl adjacent to an activating group) is 1. The maximum absolute atomic E-state index is 12.2. The normalized spacial score (nSPS) is 20.6. The van der Waals surface area contributed by atoms with Gasteiger partial charge < -0.3 is 14.9 Å². The van der Waals surface area contributed by atoms with Crippen molar-refractivity contribution in [3.05, 3.63) is 22.4 Å². The molecule has 1 aliphatic rings. The Bertz CT molecular complexity index is 470. The van der Waals surface area contributed by atoms with Crippen LogP contribution in [0.1, 0.15) is 24.8 Å². The molecule has 1 aliphatic heterocycles. The Kier molecular flexibility index (Phi) is 3.06. The molecule has 1 atom stereocenters. The fourth-order valence-corrected chi connectivity index (χ4v) is 2.90. The van der Waals surface area contributed by atoms with Crippen LogP contribution in [0.5, 0.6) is 0 Å². The molecule has 2 rings (SSSR count). The topological polar surface area (TPSA) is 60.9 Å². The van der Waals surface area contributed by atoms with Crippen molar-refractivity contribution in [1.82, 2.24) is 9.80 Å². The summed E-state index contributed by atoms with van der Waals surface area (Å²) in [7, 11) is 1.71. The van der Waals surface area contributed by atoms with Crippen LogP contribution in [-0.2, 0) is 4.79 Å². The molecular formula is C12H16N2O3S. The number of hydrogen-bond donors (Lipinski definition) is 1. The number of amides is 2. The molecule has 0 bridgehead atoms. The first kappa shape index (κ1) is 12.9. The molecule has 0 saturated carbocycles. The van der Waals surface area contributed by atoms with E-state index in [2.05, 4.69) is 0 Å². The first-order chi connectivity index (χ1) is 8.35. The van der Waals surface area contributed by atoms with Gasteiger partial charge in [0, 0.05) is 18.5 Å². The van der Waals surface area contributed by atoms with E-state index in [1.165, 1.54) is 4.90 Å². The van der Waals surface area contributed by atoms with Crippen molar-refractivity contribution in [2.24, 2.45) is 0 Å². The molecule has 1 aromatic rings. The van der Waals surface area contributed by atoms with E-state index in [0.717, 1.165) is 4.88 Å². The Morgan fingerprint density at radius 2 is 2.22 bits per heavy atom. The Morgan fingerprint density at radius 1 is 1.56 bits per heavy atom. The van der Waals surface area contributed by atoms with E-state index in [4.69, 9.17) is 0 Å². The van der Waals surface area contributed by atoms with Gasteiger partial charge in [-0.2, -0.15) is 0 Å². The second-order valence-corrected chi connectivity index (χ2v) is 5.88. The summed E-state index contributed by atoms with van der Waals surface area (Å²) in [5.74, 6) is -0.990. The highest BCUT2D eigenvalue weighted by Crippen LogP contribution is 2.34. The molecule has 1 saturated heterocycles. The number of aliphatic carboxylic acids is 1. The summed E-state index contributed by atoms with van der Waals surface area (Å²) in [6, 6.07) is 3.61. The van der Waals surface area contributed by atoms with Gasteiger partial charge >= 0.3 is 12.0 Å². The summed E-state index contributed by atoms with van der Waals surface area (Å²) < 4.78 is 0. The van der Waals surface area contributed by atoms with Gasteiger partial charge in [-0.05, 0) is 25.3 Å². The summed E-state index contributed by atoms with van der Waals surface area (Å²) in [6.45, 7) is 3.52. The number of rotatable bonds is 3. The van der Waals surface area contributed by atoms with Crippen LogP contribution in [0.3, 0.4) is 0 Å². The Hall–Kier alpha value is -1.56. The second-order valence-electron chi connectivity index (χ2n) is 4.90. The zero-order valence-corrected chi connectivity index (χ0v) is 11.4. The van der Waals surface area contributed by atoms with Gasteiger partial charge in [-0.15, -0.1) is 11.3 Å². The first-order valence-electron chi connectivity index (χ1n) is 5.67. The lowest BCUT2D eigenvalue weighted by Gasteiger charge is -2.30. The minimum atomic E-state index is -1.18. The number of urea groups is 1. The van der Waals surface area contributed by atoms with E-state index < -0.39 is 11.5 Å². The highest BCUT2D eigenvalue weighted by atomic mass is 32.1. The van der Waals surface area contributed by atoms with Gasteiger partial charge in [0.25, 0.3) is 0 Å². The van der Waals surface area contributed by atoms with Crippen LogP contribution < -0.4 is 0 Å². The van der Waals surface area contributed by atoms with Gasteiger partial charge in [-0.25, -0.2) is 9.59 Å². The predicted octanol–water partition coefficient (Wildman–Crippen LogP) is 2.02. The summed E-state index contributed by atoms with van der Waals surface area (Å²) in [5, 5.41) is 11.2. The maximum Gasteiger partial charge on any atom is 0.329 e. The summed E-state index contributed by atoms with van der Waals surface area (Å²) in [5.41, 5.74) is -1.18. The van der Waals surface area contributed by atoms with Crippen LogP contribution in [0.4, 0.5) is 4.79 Å². The standard InChI is InChI=1S/C12H16N2O3S/c1-12(2,10(15)16)14-7-8(13(3)11(14)17)9-5-4-6-18-9/h4-6,8H,7H2,1-3H3,(H,15,16). The van der Waals surface area contributed by atoms with E-state index in [1.54, 1.807) is 37.1 Å². The van der Waals surface area contributed by atoms with E-state index >= 15 is 0 Å². The van der Waals surface area contributed by atoms with Gasteiger partial charge in [-0.3, -0.25) is 0 Å². The quantitative estimate of drug-likeness (QED) is 0.912. The van der Waals surface area contributed by atoms with Crippen LogP contribution in [0.15, 0.2) is 17.5 Å². The molecule has 0 radical (unpaired) electrons. The predicted molar refractivity (Wildman–Crippen MR) is 68.6 cm³/mol. The molecule has 0 spiro atoms. The van der Waals surface area contributed by atoms with Crippen molar-refractivity contribution in [2.45, 2.75) is 25.4 Å². The molecule has 2 heterocycles. The van der Waals surface area contributed by atoms with E-state index in [9.17, 15) is 14.7 Å². The lowest BCUT2D eigenvalue weighted by molar-refractivity contribution is -0.147. The molecule has 1 aromatic heterocycles. The number of carboxylic acids is 1. The van der Waals surface area contributed by atoms with Crippen molar-refractivity contribution in [2.75, 3.05) is 13.6 Å². The van der Waals surface area contributed by atoms with E-state index in [1.807, 2.05) is 17.5 Å². The molecule has 1 fully saturated rings. The van der Waals surface area contributed by atoms with E-state index in [-0.39, 0.29) is 12.1 Å². The second kappa shape index (κ2) is 4.28. The van der Waals surface area contributed by atoms with Gasteiger partial charge in [0.1, 0.15) is 5.54 Å². The van der Waals surface area contributed by atoms with Crippen LogP contribution in [0, 0.1) is 0 Å². The fraction of sp³-hybridized carbons (Fsp3) is 0.500. The number of carboxylic acid groups (broad SMARTS) is 1. The van der Waals surface area contributed by atoms with Crippen molar-refractivity contribution in [3.8, 4) is 0 Å². The number of thiophene rings is 1. The summed E-state index contributed by atoms with van der Waals surface area (Å²) in [6.07, 6.45) is 0. The number of hydrogen-bond acceptors (Lipinski definition) is 3. The number of nitrogens with zero attached hydrogens (tertiary/aromatic N) is 2. The van der Waals surface area contributed by atoms with Crippen LogP contribution in [0.2, 0.25) is 0 Å². The minimum Gasteiger partial charge on any atom is -0.480 e. The molecule has 6 heteroatoms. The number of carbonyl (C=O) groups excluding carboxylic acids is 1. The third-order valence-corrected chi connectivity index (χ3v) is 4.40. The van der Waals surface area contributed by atoms with Crippen LogP contribution in [0.25, 0.3) is 0 Å². The fourth-order valence-electron chi connectivity index (χ4n) is 2.04. The average Bonchev–Trinajstić information content (AvgIpc) is 2.89. The van der Waals surface area contributed by atoms with Gasteiger partial charge in [0.2, 0.25) is 0 Å². The van der Waals surface area contributed by atoms with E-state index in [0.29, 0.717) is 6.54 Å². The SMILES string of the molecule is CN1C(=O)N(C(C)(C)C(=O)O)CC1c1cccs1. The third kappa shape index (κ3) is 1.86. The Balaban J connectivity index is 2.28. The molecule has 0 aliphatic carbocycles. The monoisotopic (exact) mass is 268 g/mol. The van der Waals surface area contributed by atoms with Crippen LogP contribution >= 0.6 is 11.3 Å². The van der Waals surface area contributed by atoms with Gasteiger partial charge in [0.05, 0.1) is 6.04 Å². The highest BCUT2D eigenvalue weighted by Gasteiger charge is 2.46. The smallest absolute Gasteiger partial charge is 0.329 e. The number of carbonyl (C=O) groups is 2. The molecule has 1 N–H and O–H groups in total. The van der Waals surface area contributed by atoms with Crippen LogP contribution in [-0.4, -0.2) is 46.0 Å².